The van der Waals surface area contributed by atoms with E-state index >= 15 is 0 Å². The fourth-order valence-corrected chi connectivity index (χ4v) is 4.07. The van der Waals surface area contributed by atoms with Gasteiger partial charge in [0.1, 0.15) is 18.0 Å². The first kappa shape index (κ1) is 23.4. The lowest BCUT2D eigenvalue weighted by Crippen LogP contribution is -2.46. The van der Waals surface area contributed by atoms with Crippen LogP contribution in [0, 0.1) is 13.8 Å². The molecule has 3 aromatic rings. The summed E-state index contributed by atoms with van der Waals surface area (Å²) in [5, 5.41) is 0. The molecule has 4 rings (SSSR count). The van der Waals surface area contributed by atoms with Crippen molar-refractivity contribution >= 4 is 17.5 Å². The average Bonchev–Trinajstić information content (AvgIpc) is 2.86. The van der Waals surface area contributed by atoms with Gasteiger partial charge < -0.3 is 14.4 Å². The Morgan fingerprint density at radius 1 is 1.06 bits per heavy atom. The van der Waals surface area contributed by atoms with Crippen LogP contribution in [-0.4, -0.2) is 44.0 Å². The Bertz CT molecular complexity index is 1220. The number of likely N-dealkylation sites (N-methyl/N-ethyl adjacent to an activating group) is 1. The molecule has 0 aliphatic carbocycles. The zero-order chi connectivity index (χ0) is 24.4. The molecule has 1 aliphatic heterocycles. The molecule has 1 atom stereocenters. The number of hydrogen-bond acceptors (Lipinski definition) is 4. The Labute approximate surface area is 200 Å². The van der Waals surface area contributed by atoms with Gasteiger partial charge in [-0.2, -0.15) is 0 Å². The van der Waals surface area contributed by atoms with Crippen molar-refractivity contribution in [2.75, 3.05) is 32.2 Å². The van der Waals surface area contributed by atoms with E-state index in [4.69, 9.17) is 9.47 Å². The third-order valence-corrected chi connectivity index (χ3v) is 6.58. The fraction of sp³-hybridized carbons (Fsp3) is 0.286. The van der Waals surface area contributed by atoms with Gasteiger partial charge in [-0.1, -0.05) is 36.4 Å². The Kier molecular flexibility index (Phi) is 6.59. The highest BCUT2D eigenvalue weighted by Gasteiger charge is 2.30. The van der Waals surface area contributed by atoms with Crippen LogP contribution in [0.15, 0.2) is 60.7 Å². The van der Waals surface area contributed by atoms with Gasteiger partial charge in [0.25, 0.3) is 5.91 Å². The van der Waals surface area contributed by atoms with Crippen LogP contribution in [0.2, 0.25) is 0 Å². The fourth-order valence-electron chi connectivity index (χ4n) is 4.07. The monoisotopic (exact) mass is 458 g/mol. The van der Waals surface area contributed by atoms with Gasteiger partial charge in [-0.05, 0) is 72.9 Å². The predicted molar refractivity (Wildman–Crippen MR) is 133 cm³/mol. The molecule has 0 N–H and O–H groups in total. The minimum absolute atomic E-state index is 0.0274. The van der Waals surface area contributed by atoms with E-state index in [1.54, 1.807) is 19.1 Å². The zero-order valence-corrected chi connectivity index (χ0v) is 20.3. The maximum Gasteiger partial charge on any atom is 0.265 e. The molecule has 6 heteroatoms. The van der Waals surface area contributed by atoms with Crippen LogP contribution in [0.25, 0.3) is 11.1 Å². The third kappa shape index (κ3) is 4.62. The number of carbonyl (C=O) groups excluding carboxylic acids is 2. The smallest absolute Gasteiger partial charge is 0.265 e. The summed E-state index contributed by atoms with van der Waals surface area (Å²) >= 11 is 0. The number of methoxy groups -OCH3 is 1. The van der Waals surface area contributed by atoms with E-state index in [-0.39, 0.29) is 31.0 Å². The Hall–Kier alpha value is -3.80. The van der Waals surface area contributed by atoms with Crippen LogP contribution < -0.4 is 14.4 Å². The lowest BCUT2D eigenvalue weighted by atomic mass is 10.0. The lowest BCUT2D eigenvalue weighted by molar-refractivity contribution is -0.132. The summed E-state index contributed by atoms with van der Waals surface area (Å²) in [4.78, 5) is 29.0. The van der Waals surface area contributed by atoms with E-state index in [9.17, 15) is 9.59 Å². The number of fused-ring (bicyclic) bond motifs is 1. The molecule has 6 nitrogen and oxygen atoms in total. The van der Waals surface area contributed by atoms with Gasteiger partial charge in [-0.3, -0.25) is 14.5 Å². The highest BCUT2D eigenvalue weighted by Crippen LogP contribution is 2.35. The van der Waals surface area contributed by atoms with Crippen molar-refractivity contribution < 1.29 is 19.1 Å². The number of aryl methyl sites for hydroxylation is 2. The first-order valence-corrected chi connectivity index (χ1v) is 11.3. The van der Waals surface area contributed by atoms with E-state index in [2.05, 4.69) is 0 Å². The van der Waals surface area contributed by atoms with E-state index in [0.29, 0.717) is 11.4 Å². The molecule has 0 bridgehead atoms. The molecule has 3 aromatic carbocycles. The topological polar surface area (TPSA) is 59.1 Å². The van der Waals surface area contributed by atoms with Crippen molar-refractivity contribution in [3.05, 3.63) is 77.4 Å². The first-order valence-electron chi connectivity index (χ1n) is 11.3. The number of hydrogen-bond donors (Lipinski definition) is 0. The van der Waals surface area contributed by atoms with E-state index in [1.165, 1.54) is 4.90 Å². The second-order valence-corrected chi connectivity index (χ2v) is 8.71. The molecule has 0 saturated carbocycles. The van der Waals surface area contributed by atoms with Crippen molar-refractivity contribution in [1.82, 2.24) is 4.90 Å². The highest BCUT2D eigenvalue weighted by atomic mass is 16.5. The van der Waals surface area contributed by atoms with Crippen molar-refractivity contribution in [1.29, 1.82) is 0 Å². The molecule has 0 aromatic heterocycles. The normalized spacial score (nSPS) is 13.7. The van der Waals surface area contributed by atoms with Crippen LogP contribution in [-0.2, 0) is 9.59 Å². The summed E-state index contributed by atoms with van der Waals surface area (Å²) in [6.45, 7) is 5.88. The third-order valence-electron chi connectivity index (χ3n) is 6.58. The number of carbonyl (C=O) groups is 2. The van der Waals surface area contributed by atoms with Crippen molar-refractivity contribution in [3.63, 3.8) is 0 Å². The summed E-state index contributed by atoms with van der Waals surface area (Å²) in [7, 11) is 3.43. The summed E-state index contributed by atoms with van der Waals surface area (Å²) in [5.74, 6) is 1.10. The zero-order valence-electron chi connectivity index (χ0n) is 20.3. The summed E-state index contributed by atoms with van der Waals surface area (Å²) < 4.78 is 10.9. The van der Waals surface area contributed by atoms with Gasteiger partial charge in [-0.25, -0.2) is 0 Å². The van der Waals surface area contributed by atoms with Gasteiger partial charge in [-0.15, -0.1) is 0 Å². The molecule has 1 aliphatic rings. The first-order chi connectivity index (χ1) is 16.3. The molecule has 176 valence electrons. The standard InChI is InChI=1S/C28H30N2O4/c1-18-13-25-26(14-19(18)2)34-17-28(32)30(25)16-27(31)29(4)20(3)21-9-11-22(12-10-21)23-7-6-8-24(15-23)33-5/h6-15,20H,16-17H2,1-5H3. The minimum Gasteiger partial charge on any atom is -0.497 e. The largest absolute Gasteiger partial charge is 0.497 e. The van der Waals surface area contributed by atoms with Gasteiger partial charge in [0.2, 0.25) is 5.91 Å². The van der Waals surface area contributed by atoms with Crippen molar-refractivity contribution in [2.24, 2.45) is 0 Å². The van der Waals surface area contributed by atoms with Crippen LogP contribution >= 0.6 is 0 Å². The second kappa shape index (κ2) is 9.59. The number of anilines is 1. The summed E-state index contributed by atoms with van der Waals surface area (Å²) in [5.41, 5.74) is 5.94. The molecule has 0 fully saturated rings. The van der Waals surface area contributed by atoms with Gasteiger partial charge in [0.05, 0.1) is 18.8 Å². The quantitative estimate of drug-likeness (QED) is 0.526. The van der Waals surface area contributed by atoms with Gasteiger partial charge in [0.15, 0.2) is 6.61 Å². The lowest BCUT2D eigenvalue weighted by Gasteiger charge is -2.32. The molecule has 0 saturated heterocycles. The number of amides is 2. The Balaban J connectivity index is 1.49. The van der Waals surface area contributed by atoms with Crippen LogP contribution in [0.5, 0.6) is 11.5 Å². The molecule has 0 radical (unpaired) electrons. The molecule has 0 spiro atoms. The minimum atomic E-state index is -0.215. The predicted octanol–water partition coefficient (Wildman–Crippen LogP) is 4.92. The van der Waals surface area contributed by atoms with Crippen LogP contribution in [0.4, 0.5) is 5.69 Å². The highest BCUT2D eigenvalue weighted by molar-refractivity contribution is 6.02. The molecule has 2 amide bonds. The maximum absolute atomic E-state index is 13.2. The number of rotatable bonds is 6. The molecule has 1 unspecified atom stereocenters. The van der Waals surface area contributed by atoms with Crippen molar-refractivity contribution in [2.45, 2.75) is 26.8 Å². The van der Waals surface area contributed by atoms with E-state index < -0.39 is 0 Å². The maximum atomic E-state index is 13.2. The molecular weight excluding hydrogens is 428 g/mol. The van der Waals surface area contributed by atoms with E-state index in [0.717, 1.165) is 33.6 Å². The SMILES string of the molecule is COc1cccc(-c2ccc(C(C)N(C)C(=O)CN3C(=O)COc4cc(C)c(C)cc43)cc2)c1. The number of benzene rings is 3. The number of ether oxygens (including phenoxy) is 2. The second-order valence-electron chi connectivity index (χ2n) is 8.71. The summed E-state index contributed by atoms with van der Waals surface area (Å²) in [6, 6.07) is 19.8. The van der Waals surface area contributed by atoms with Crippen LogP contribution in [0.3, 0.4) is 0 Å². The Morgan fingerprint density at radius 2 is 1.76 bits per heavy atom. The van der Waals surface area contributed by atoms with E-state index in [1.807, 2.05) is 81.4 Å². The van der Waals surface area contributed by atoms with Gasteiger partial charge >= 0.3 is 0 Å². The van der Waals surface area contributed by atoms with Crippen molar-refractivity contribution in [3.8, 4) is 22.6 Å². The molecule has 1 heterocycles. The molecular formula is C28H30N2O4. The number of nitrogens with zero attached hydrogens (tertiary/aromatic N) is 2. The van der Waals surface area contributed by atoms with Gasteiger partial charge in [0, 0.05) is 7.05 Å². The Morgan fingerprint density at radius 3 is 2.47 bits per heavy atom. The molecule has 34 heavy (non-hydrogen) atoms. The van der Waals surface area contributed by atoms with Crippen LogP contribution in [0.1, 0.15) is 29.7 Å². The summed E-state index contributed by atoms with van der Waals surface area (Å²) in [6.07, 6.45) is 0. The average molecular weight is 459 g/mol.